The maximum Gasteiger partial charge on any atom is 0.341 e. The third kappa shape index (κ3) is 4.39. The summed E-state index contributed by atoms with van der Waals surface area (Å²) in [6.07, 6.45) is 2.72. The Labute approximate surface area is 201 Å². The van der Waals surface area contributed by atoms with Crippen LogP contribution in [0.3, 0.4) is 0 Å². The number of rotatable bonds is 5. The fourth-order valence-electron chi connectivity index (χ4n) is 4.87. The van der Waals surface area contributed by atoms with Crippen LogP contribution in [0, 0.1) is 5.82 Å². The number of carbonyl (C=O) groups is 2. The zero-order chi connectivity index (χ0) is 24.7. The number of likely N-dealkylation sites (N-methyl/N-ethyl adjacent to an activating group) is 1. The number of fused-ring (bicyclic) bond motifs is 1. The molecule has 1 N–H and O–H groups in total. The number of piperazine rings is 1. The van der Waals surface area contributed by atoms with E-state index in [-0.39, 0.29) is 11.3 Å². The molecule has 3 aromatic rings. The number of anilines is 2. The first-order valence-electron chi connectivity index (χ1n) is 11.7. The average Bonchev–Trinajstić information content (AvgIpc) is 3.27. The summed E-state index contributed by atoms with van der Waals surface area (Å²) in [4.78, 5) is 42.5. The van der Waals surface area contributed by atoms with E-state index in [0.717, 1.165) is 36.8 Å². The molecule has 0 unspecified atom stereocenters. The predicted molar refractivity (Wildman–Crippen MR) is 132 cm³/mol. The predicted octanol–water partition coefficient (Wildman–Crippen LogP) is 2.77. The molecule has 8 nitrogen and oxygen atoms in total. The third-order valence-corrected chi connectivity index (χ3v) is 6.90. The highest BCUT2D eigenvalue weighted by Crippen LogP contribution is 2.27. The molecule has 0 saturated carbocycles. The van der Waals surface area contributed by atoms with Crippen molar-refractivity contribution in [3.8, 4) is 0 Å². The first-order chi connectivity index (χ1) is 16.8. The number of carboxylic acid groups (broad SMARTS) is 1. The molecule has 2 aliphatic heterocycles. The van der Waals surface area contributed by atoms with Crippen LogP contribution in [0.25, 0.3) is 10.9 Å². The highest BCUT2D eigenvalue weighted by molar-refractivity contribution is 5.95. The summed E-state index contributed by atoms with van der Waals surface area (Å²) in [6.45, 7) is 3.91. The van der Waals surface area contributed by atoms with Crippen molar-refractivity contribution in [3.63, 3.8) is 0 Å². The van der Waals surface area contributed by atoms with E-state index < -0.39 is 22.8 Å². The first kappa shape index (κ1) is 23.0. The highest BCUT2D eigenvalue weighted by atomic mass is 19.1. The Bertz CT molecular complexity index is 1360. The Morgan fingerprint density at radius 3 is 2.37 bits per heavy atom. The van der Waals surface area contributed by atoms with Crippen molar-refractivity contribution in [2.24, 2.45) is 0 Å². The fraction of sp³-hybridized carbons (Fsp3) is 0.346. The van der Waals surface area contributed by atoms with Gasteiger partial charge in [0.15, 0.2) is 0 Å². The van der Waals surface area contributed by atoms with Gasteiger partial charge in [-0.15, -0.1) is 0 Å². The molecule has 2 fully saturated rings. The van der Waals surface area contributed by atoms with Gasteiger partial charge in [0.2, 0.25) is 11.3 Å². The van der Waals surface area contributed by atoms with Crippen molar-refractivity contribution in [2.75, 3.05) is 49.6 Å². The normalized spacial score (nSPS) is 16.9. The van der Waals surface area contributed by atoms with Crippen LogP contribution >= 0.6 is 0 Å². The number of hydrogen-bond donors (Lipinski definition) is 1. The van der Waals surface area contributed by atoms with Gasteiger partial charge in [0.25, 0.3) is 0 Å². The van der Waals surface area contributed by atoms with Gasteiger partial charge in [-0.1, -0.05) is 12.1 Å². The Morgan fingerprint density at radius 2 is 1.74 bits per heavy atom. The van der Waals surface area contributed by atoms with Gasteiger partial charge < -0.3 is 24.4 Å². The summed E-state index contributed by atoms with van der Waals surface area (Å²) in [5.41, 5.74) is 1.48. The largest absolute Gasteiger partial charge is 0.477 e. The molecule has 5 rings (SSSR count). The molecule has 1 aromatic heterocycles. The molecule has 2 saturated heterocycles. The molecule has 2 aromatic carbocycles. The van der Waals surface area contributed by atoms with E-state index in [1.807, 2.05) is 36.2 Å². The van der Waals surface area contributed by atoms with Crippen LogP contribution in [0.2, 0.25) is 0 Å². The maximum atomic E-state index is 15.1. The Kier molecular flexibility index (Phi) is 6.02. The van der Waals surface area contributed by atoms with Crippen molar-refractivity contribution in [2.45, 2.75) is 19.4 Å². The number of pyridine rings is 1. The lowest BCUT2D eigenvalue weighted by atomic mass is 10.1. The lowest BCUT2D eigenvalue weighted by molar-refractivity contribution is -0.117. The maximum absolute atomic E-state index is 15.1. The quantitative estimate of drug-likeness (QED) is 0.607. The molecule has 9 heteroatoms. The monoisotopic (exact) mass is 478 g/mol. The number of carbonyl (C=O) groups excluding carboxylic acids is 1. The molecule has 0 aliphatic carbocycles. The summed E-state index contributed by atoms with van der Waals surface area (Å²) >= 11 is 0. The number of aromatic carboxylic acids is 1. The molecule has 0 bridgehead atoms. The Morgan fingerprint density at radius 1 is 1.03 bits per heavy atom. The van der Waals surface area contributed by atoms with Gasteiger partial charge >= 0.3 is 5.97 Å². The topological polar surface area (TPSA) is 86.1 Å². The lowest BCUT2D eigenvalue weighted by Gasteiger charge is -2.34. The summed E-state index contributed by atoms with van der Waals surface area (Å²) in [6, 6.07) is 10.3. The minimum Gasteiger partial charge on any atom is -0.477 e. The Hall–Kier alpha value is -3.72. The van der Waals surface area contributed by atoms with Gasteiger partial charge in [0.1, 0.15) is 11.4 Å². The van der Waals surface area contributed by atoms with Gasteiger partial charge in [-0.3, -0.25) is 9.59 Å². The van der Waals surface area contributed by atoms with E-state index in [1.54, 1.807) is 15.5 Å². The summed E-state index contributed by atoms with van der Waals surface area (Å²) in [5, 5.41) is 9.63. The van der Waals surface area contributed by atoms with E-state index >= 15 is 4.39 Å². The lowest BCUT2D eigenvalue weighted by Crippen LogP contribution is -2.44. The number of amides is 1. The van der Waals surface area contributed by atoms with Crippen molar-refractivity contribution in [1.29, 1.82) is 0 Å². The number of carboxylic acids is 1. The number of aromatic nitrogens is 1. The van der Waals surface area contributed by atoms with Crippen LogP contribution < -0.4 is 15.2 Å². The van der Waals surface area contributed by atoms with Crippen LogP contribution in [0.4, 0.5) is 15.8 Å². The van der Waals surface area contributed by atoms with Gasteiger partial charge in [-0.2, -0.15) is 0 Å². The minimum absolute atomic E-state index is 0.0413. The molecular formula is C26H27FN4O4. The van der Waals surface area contributed by atoms with Crippen molar-refractivity contribution in [1.82, 2.24) is 9.47 Å². The number of hydrogen-bond acceptors (Lipinski definition) is 5. The summed E-state index contributed by atoms with van der Waals surface area (Å²) in [5.74, 6) is -1.78. The van der Waals surface area contributed by atoms with Crippen LogP contribution in [0.1, 0.15) is 28.8 Å². The van der Waals surface area contributed by atoms with Crippen molar-refractivity contribution >= 4 is 34.2 Å². The minimum atomic E-state index is -1.35. The second-order valence-electron chi connectivity index (χ2n) is 9.23. The second-order valence-corrected chi connectivity index (χ2v) is 9.23. The van der Waals surface area contributed by atoms with E-state index in [0.29, 0.717) is 43.8 Å². The number of benzene rings is 2. The molecule has 3 heterocycles. The molecule has 35 heavy (non-hydrogen) atoms. The second kappa shape index (κ2) is 9.14. The van der Waals surface area contributed by atoms with Gasteiger partial charge in [0.05, 0.1) is 11.2 Å². The number of halogens is 1. The van der Waals surface area contributed by atoms with E-state index in [4.69, 9.17) is 0 Å². The first-order valence-corrected chi connectivity index (χ1v) is 11.7. The van der Waals surface area contributed by atoms with Crippen molar-refractivity contribution < 1.29 is 19.1 Å². The average molecular weight is 479 g/mol. The van der Waals surface area contributed by atoms with Crippen LogP contribution in [-0.4, -0.2) is 66.2 Å². The molecular weight excluding hydrogens is 451 g/mol. The third-order valence-electron chi connectivity index (χ3n) is 6.90. The standard InChI is InChI=1S/C26H27FN4O4/c1-28-9-11-29(12-10-28)23-14-22-19(13-21(23)27)25(33)20(26(34)35)16-30(22)15-17-4-6-18(7-5-17)31-8-2-3-24(31)32/h4-7,13-14,16H,2-3,8-12,15H2,1H3,(H,34,35). The summed E-state index contributed by atoms with van der Waals surface area (Å²) in [7, 11) is 2.02. The Balaban J connectivity index is 1.55. The van der Waals surface area contributed by atoms with Crippen molar-refractivity contribution in [3.05, 3.63) is 69.8 Å². The van der Waals surface area contributed by atoms with Crippen LogP contribution in [0.15, 0.2) is 47.4 Å². The highest BCUT2D eigenvalue weighted by Gasteiger charge is 2.23. The molecule has 0 radical (unpaired) electrons. The van der Waals surface area contributed by atoms with E-state index in [2.05, 4.69) is 4.90 Å². The molecule has 1 amide bonds. The SMILES string of the molecule is CN1CCN(c2cc3c(cc2F)c(=O)c(C(=O)O)cn3Cc2ccc(N3CCCC3=O)cc2)CC1. The smallest absolute Gasteiger partial charge is 0.341 e. The molecule has 0 atom stereocenters. The molecule has 2 aliphatic rings. The van der Waals surface area contributed by atoms with E-state index in [1.165, 1.54) is 6.20 Å². The summed E-state index contributed by atoms with van der Waals surface area (Å²) < 4.78 is 16.8. The van der Waals surface area contributed by atoms with Crippen LogP contribution in [-0.2, 0) is 11.3 Å². The zero-order valence-corrected chi connectivity index (χ0v) is 19.5. The van der Waals surface area contributed by atoms with Gasteiger partial charge in [-0.05, 0) is 43.3 Å². The van der Waals surface area contributed by atoms with E-state index in [9.17, 15) is 19.5 Å². The zero-order valence-electron chi connectivity index (χ0n) is 19.5. The van der Waals surface area contributed by atoms with Gasteiger partial charge in [0, 0.05) is 63.0 Å². The fourth-order valence-corrected chi connectivity index (χ4v) is 4.87. The number of nitrogens with zero attached hydrogens (tertiary/aromatic N) is 4. The van der Waals surface area contributed by atoms with Gasteiger partial charge in [-0.25, -0.2) is 9.18 Å². The van der Waals surface area contributed by atoms with Crippen LogP contribution in [0.5, 0.6) is 0 Å². The molecule has 182 valence electrons. The molecule has 0 spiro atoms.